The minimum absolute atomic E-state index is 0.149. The van der Waals surface area contributed by atoms with Crippen LogP contribution < -0.4 is 10.6 Å². The number of thiocarbonyl (C=S) groups is 1. The van der Waals surface area contributed by atoms with Gasteiger partial charge in [0.2, 0.25) is 5.89 Å². The van der Waals surface area contributed by atoms with Crippen LogP contribution in [0.2, 0.25) is 5.02 Å². The highest BCUT2D eigenvalue weighted by Crippen LogP contribution is 2.30. The Hall–Kier alpha value is -3.22. The van der Waals surface area contributed by atoms with Crippen LogP contribution in [0.15, 0.2) is 65.1 Å². The summed E-state index contributed by atoms with van der Waals surface area (Å²) >= 11 is 11.6. The number of oxazole rings is 1. The van der Waals surface area contributed by atoms with Crippen LogP contribution in [0, 0.1) is 13.8 Å². The number of amides is 1. The third kappa shape index (κ3) is 4.20. The quantitative estimate of drug-likeness (QED) is 0.392. The summed E-state index contributed by atoms with van der Waals surface area (Å²) in [6.07, 6.45) is 0. The molecule has 0 radical (unpaired) electrons. The molecule has 0 aliphatic carbocycles. The van der Waals surface area contributed by atoms with Crippen LogP contribution in [-0.4, -0.2) is 16.0 Å². The summed E-state index contributed by atoms with van der Waals surface area (Å²) in [5.41, 5.74) is 5.30. The molecule has 0 saturated carbocycles. The predicted molar refractivity (Wildman–Crippen MR) is 124 cm³/mol. The molecule has 3 aromatic carbocycles. The average Bonchev–Trinajstić information content (AvgIpc) is 3.13. The van der Waals surface area contributed by atoms with Crippen molar-refractivity contribution in [3.63, 3.8) is 0 Å². The second-order valence-corrected chi connectivity index (χ2v) is 7.72. The number of anilines is 1. The van der Waals surface area contributed by atoms with Gasteiger partial charge in [-0.2, -0.15) is 0 Å². The Morgan fingerprint density at radius 1 is 1.07 bits per heavy atom. The molecular formula is C23H18ClN3O2S. The van der Waals surface area contributed by atoms with Crippen molar-refractivity contribution >= 4 is 51.6 Å². The van der Waals surface area contributed by atoms with Crippen LogP contribution >= 0.6 is 23.8 Å². The topological polar surface area (TPSA) is 67.2 Å². The number of benzene rings is 3. The van der Waals surface area contributed by atoms with E-state index < -0.39 is 0 Å². The molecule has 0 saturated heterocycles. The smallest absolute Gasteiger partial charge is 0.257 e. The van der Waals surface area contributed by atoms with E-state index in [0.29, 0.717) is 22.2 Å². The number of halogens is 1. The zero-order valence-corrected chi connectivity index (χ0v) is 17.9. The van der Waals surface area contributed by atoms with Gasteiger partial charge in [0.25, 0.3) is 5.91 Å². The first-order chi connectivity index (χ1) is 14.4. The highest BCUT2D eigenvalue weighted by atomic mass is 35.5. The lowest BCUT2D eigenvalue weighted by Crippen LogP contribution is -2.34. The maximum atomic E-state index is 12.5. The van der Waals surface area contributed by atoms with Crippen LogP contribution in [0.4, 0.5) is 5.69 Å². The van der Waals surface area contributed by atoms with E-state index >= 15 is 0 Å². The van der Waals surface area contributed by atoms with Crippen molar-refractivity contribution in [2.24, 2.45) is 0 Å². The number of rotatable bonds is 3. The molecule has 1 aromatic heterocycles. The summed E-state index contributed by atoms with van der Waals surface area (Å²) < 4.78 is 5.89. The Balaban J connectivity index is 1.55. The van der Waals surface area contributed by atoms with Crippen LogP contribution in [0.5, 0.6) is 0 Å². The van der Waals surface area contributed by atoms with Gasteiger partial charge in [-0.05, 0) is 73.6 Å². The lowest BCUT2D eigenvalue weighted by molar-refractivity contribution is 0.0977. The molecule has 1 heterocycles. The minimum Gasteiger partial charge on any atom is -0.436 e. The first kappa shape index (κ1) is 20.1. The summed E-state index contributed by atoms with van der Waals surface area (Å²) in [7, 11) is 0. The zero-order valence-electron chi connectivity index (χ0n) is 16.3. The lowest BCUT2D eigenvalue weighted by atomic mass is 10.1. The number of aromatic nitrogens is 1. The monoisotopic (exact) mass is 435 g/mol. The van der Waals surface area contributed by atoms with Crippen molar-refractivity contribution in [3.8, 4) is 11.5 Å². The van der Waals surface area contributed by atoms with Gasteiger partial charge in [0.1, 0.15) is 5.52 Å². The van der Waals surface area contributed by atoms with Crippen LogP contribution in [0.25, 0.3) is 22.6 Å². The van der Waals surface area contributed by atoms with Gasteiger partial charge in [0.05, 0.1) is 10.7 Å². The van der Waals surface area contributed by atoms with Gasteiger partial charge in [-0.1, -0.05) is 35.9 Å². The highest BCUT2D eigenvalue weighted by Gasteiger charge is 2.14. The van der Waals surface area contributed by atoms with Gasteiger partial charge < -0.3 is 9.73 Å². The van der Waals surface area contributed by atoms with E-state index in [9.17, 15) is 4.79 Å². The molecule has 1 amide bonds. The van der Waals surface area contributed by atoms with E-state index in [0.717, 1.165) is 27.8 Å². The number of carbonyl (C=O) groups is 1. The van der Waals surface area contributed by atoms with E-state index in [-0.39, 0.29) is 11.0 Å². The standard InChI is InChI=1S/C23H18ClN3O2S/c1-13-7-10-18-20(11-13)29-22(25-18)15-8-9-17(24)19(12-15)26-23(30)27-21(28)16-6-4-3-5-14(16)2/h3-12H,1-2H3,(H2,26,27,28,30). The predicted octanol–water partition coefficient (Wildman–Crippen LogP) is 5.89. The number of nitrogens with one attached hydrogen (secondary N) is 2. The SMILES string of the molecule is Cc1ccc2nc(-c3ccc(Cl)c(NC(=S)NC(=O)c4ccccc4C)c3)oc2c1. The van der Waals surface area contributed by atoms with Crippen molar-refractivity contribution in [3.05, 3.63) is 82.4 Å². The Bertz CT molecular complexity index is 1280. The van der Waals surface area contributed by atoms with E-state index in [1.54, 1.807) is 24.3 Å². The number of carbonyl (C=O) groups excluding carboxylic acids is 1. The van der Waals surface area contributed by atoms with Crippen molar-refractivity contribution in [2.75, 3.05) is 5.32 Å². The van der Waals surface area contributed by atoms with Gasteiger partial charge in [-0.25, -0.2) is 4.98 Å². The molecule has 0 atom stereocenters. The molecule has 150 valence electrons. The Morgan fingerprint density at radius 2 is 1.87 bits per heavy atom. The summed E-state index contributed by atoms with van der Waals surface area (Å²) in [6.45, 7) is 3.87. The summed E-state index contributed by atoms with van der Waals surface area (Å²) in [5, 5.41) is 6.27. The largest absolute Gasteiger partial charge is 0.436 e. The van der Waals surface area contributed by atoms with E-state index in [4.69, 9.17) is 28.2 Å². The molecule has 30 heavy (non-hydrogen) atoms. The molecule has 2 N–H and O–H groups in total. The van der Waals surface area contributed by atoms with Crippen LogP contribution in [-0.2, 0) is 0 Å². The summed E-state index contributed by atoms with van der Waals surface area (Å²) in [4.78, 5) is 17.0. The van der Waals surface area contributed by atoms with Crippen molar-refractivity contribution in [2.45, 2.75) is 13.8 Å². The van der Waals surface area contributed by atoms with Crippen molar-refractivity contribution < 1.29 is 9.21 Å². The van der Waals surface area contributed by atoms with Gasteiger partial charge in [0, 0.05) is 11.1 Å². The van der Waals surface area contributed by atoms with E-state index in [1.807, 2.05) is 50.2 Å². The Morgan fingerprint density at radius 3 is 2.67 bits per heavy atom. The van der Waals surface area contributed by atoms with Crippen molar-refractivity contribution in [1.29, 1.82) is 0 Å². The fourth-order valence-corrected chi connectivity index (χ4v) is 3.43. The van der Waals surface area contributed by atoms with Gasteiger partial charge in [-0.15, -0.1) is 0 Å². The highest BCUT2D eigenvalue weighted by molar-refractivity contribution is 7.80. The van der Waals surface area contributed by atoms with Gasteiger partial charge in [-0.3, -0.25) is 10.1 Å². The van der Waals surface area contributed by atoms with E-state index in [1.165, 1.54) is 0 Å². The first-order valence-corrected chi connectivity index (χ1v) is 10.0. The molecule has 4 rings (SSSR count). The Labute approximate surface area is 184 Å². The molecule has 0 spiro atoms. The van der Waals surface area contributed by atoms with Gasteiger partial charge >= 0.3 is 0 Å². The molecular weight excluding hydrogens is 418 g/mol. The number of hydrogen-bond donors (Lipinski definition) is 2. The maximum Gasteiger partial charge on any atom is 0.257 e. The second kappa shape index (κ2) is 8.26. The molecule has 0 bridgehead atoms. The van der Waals surface area contributed by atoms with Crippen LogP contribution in [0.3, 0.4) is 0 Å². The normalized spacial score (nSPS) is 10.8. The Kier molecular flexibility index (Phi) is 5.53. The molecule has 0 aliphatic heterocycles. The number of hydrogen-bond acceptors (Lipinski definition) is 4. The molecule has 0 aliphatic rings. The number of fused-ring (bicyclic) bond motifs is 1. The first-order valence-electron chi connectivity index (χ1n) is 9.26. The third-order valence-electron chi connectivity index (χ3n) is 4.62. The van der Waals surface area contributed by atoms with Crippen molar-refractivity contribution in [1.82, 2.24) is 10.3 Å². The number of aryl methyl sites for hydroxylation is 2. The molecule has 0 fully saturated rings. The minimum atomic E-state index is -0.285. The second-order valence-electron chi connectivity index (χ2n) is 6.91. The lowest BCUT2D eigenvalue weighted by Gasteiger charge is -2.12. The van der Waals surface area contributed by atoms with Gasteiger partial charge in [0.15, 0.2) is 10.7 Å². The summed E-state index contributed by atoms with van der Waals surface area (Å²) in [6, 6.07) is 18.5. The zero-order chi connectivity index (χ0) is 21.3. The van der Waals surface area contributed by atoms with E-state index in [2.05, 4.69) is 15.6 Å². The number of nitrogens with zero attached hydrogens (tertiary/aromatic N) is 1. The fourth-order valence-electron chi connectivity index (χ4n) is 3.06. The molecule has 4 aromatic rings. The molecule has 5 nitrogen and oxygen atoms in total. The third-order valence-corrected chi connectivity index (χ3v) is 5.16. The maximum absolute atomic E-state index is 12.5. The molecule has 7 heteroatoms. The molecule has 0 unspecified atom stereocenters. The summed E-state index contributed by atoms with van der Waals surface area (Å²) in [5.74, 6) is 0.192. The fraction of sp³-hybridized carbons (Fsp3) is 0.0870. The average molecular weight is 436 g/mol. The van der Waals surface area contributed by atoms with Crippen LogP contribution in [0.1, 0.15) is 21.5 Å².